The molecule has 0 radical (unpaired) electrons. The summed E-state index contributed by atoms with van der Waals surface area (Å²) in [5, 5.41) is 2.16. The second-order valence-electron chi connectivity index (χ2n) is 6.14. The largest absolute Gasteiger partial charge is 4.00 e. The van der Waals surface area contributed by atoms with Crippen molar-refractivity contribution < 1.29 is 58.9 Å². The molecule has 0 fully saturated rings. The maximum absolute atomic E-state index is 2.50. The third-order valence-electron chi connectivity index (χ3n) is 4.55. The minimum Gasteiger partial charge on any atom is -1.00 e. The van der Waals surface area contributed by atoms with Crippen molar-refractivity contribution in [1.29, 1.82) is 0 Å². The fourth-order valence-electron chi connectivity index (χ4n) is 3.18. The Morgan fingerprint density at radius 1 is 1.22 bits per heavy atom. The molecule has 0 aromatic heterocycles. The van der Waals surface area contributed by atoms with Gasteiger partial charge in [-0.3, -0.25) is 0 Å². The number of allylic oxidation sites excluding steroid dienone is 4. The van der Waals surface area contributed by atoms with E-state index in [9.17, 15) is 0 Å². The van der Waals surface area contributed by atoms with Crippen LogP contribution < -0.4 is 42.4 Å². The van der Waals surface area contributed by atoms with Gasteiger partial charge in [-0.05, 0) is 17.9 Å². The van der Waals surface area contributed by atoms with E-state index in [0.717, 1.165) is 0 Å². The molecular weight excluding hydrogens is 399 g/mol. The Labute approximate surface area is 178 Å². The summed E-state index contributed by atoms with van der Waals surface area (Å²) in [6.45, 7) is 6.94. The summed E-state index contributed by atoms with van der Waals surface area (Å²) in [6, 6.07) is 7.25. The van der Waals surface area contributed by atoms with Gasteiger partial charge >= 0.3 is 21.7 Å². The normalized spacial score (nSPS) is 20.1. The van der Waals surface area contributed by atoms with E-state index < -0.39 is 0 Å². The van der Waals surface area contributed by atoms with Crippen molar-refractivity contribution >= 4 is 14.7 Å². The van der Waals surface area contributed by atoms with E-state index in [2.05, 4.69) is 63.3 Å². The maximum Gasteiger partial charge on any atom is 4.00 e. The van der Waals surface area contributed by atoms with E-state index in [0.29, 0.717) is 11.0 Å². The van der Waals surface area contributed by atoms with Crippen molar-refractivity contribution in [3.05, 3.63) is 48.1 Å². The van der Waals surface area contributed by atoms with Crippen LogP contribution in [-0.4, -0.2) is 9.52 Å². The number of rotatable bonds is 6. The third kappa shape index (κ3) is 8.03. The van der Waals surface area contributed by atoms with Crippen LogP contribution in [0.5, 0.6) is 0 Å². The monoisotopic (exact) mass is 424 g/mol. The molecular formula is C18H27Cl3SiTi. The Morgan fingerprint density at radius 3 is 2.43 bits per heavy atom. The molecule has 0 bridgehead atoms. The zero-order valence-corrected chi connectivity index (χ0v) is 19.5. The molecule has 0 heterocycles. The molecule has 128 valence electrons. The van der Waals surface area contributed by atoms with Gasteiger partial charge in [-0.25, -0.2) is 6.07 Å². The van der Waals surface area contributed by atoms with Gasteiger partial charge in [-0.15, -0.1) is 0 Å². The first-order valence-corrected chi connectivity index (χ1v) is 9.20. The summed E-state index contributed by atoms with van der Waals surface area (Å²) in [7, 11) is -0.232. The molecule has 1 aromatic carbocycles. The molecule has 1 aliphatic rings. The predicted octanol–water partition coefficient (Wildman–Crippen LogP) is -4.80. The molecule has 5 heteroatoms. The van der Waals surface area contributed by atoms with Crippen molar-refractivity contribution in [1.82, 2.24) is 0 Å². The average molecular weight is 426 g/mol. The Bertz CT molecular complexity index is 471. The van der Waals surface area contributed by atoms with Crippen molar-refractivity contribution in [3.8, 4) is 0 Å². The quantitative estimate of drug-likeness (QED) is 0.317. The molecule has 2 atom stereocenters. The summed E-state index contributed by atoms with van der Waals surface area (Å²) in [4.78, 5) is 0. The third-order valence-corrected chi connectivity index (χ3v) is 6.98. The molecule has 1 aliphatic carbocycles. The van der Waals surface area contributed by atoms with Crippen LogP contribution in [0.4, 0.5) is 0 Å². The second kappa shape index (κ2) is 13.9. The van der Waals surface area contributed by atoms with Crippen molar-refractivity contribution in [3.63, 3.8) is 0 Å². The topological polar surface area (TPSA) is 0 Å². The summed E-state index contributed by atoms with van der Waals surface area (Å²) in [6.07, 6.45) is 14.5. The van der Waals surface area contributed by atoms with Gasteiger partial charge in [0.25, 0.3) is 0 Å². The molecule has 0 saturated carbocycles. The van der Waals surface area contributed by atoms with E-state index in [1.165, 1.54) is 25.7 Å². The molecule has 23 heavy (non-hydrogen) atoms. The summed E-state index contributed by atoms with van der Waals surface area (Å²) in [5.41, 5.74) is 1.55. The van der Waals surface area contributed by atoms with Gasteiger partial charge in [-0.2, -0.15) is 22.9 Å². The number of halogens is 3. The molecule has 1 aromatic rings. The first kappa shape index (κ1) is 28.4. The average Bonchev–Trinajstić information content (AvgIpc) is 2.87. The van der Waals surface area contributed by atoms with Crippen LogP contribution in [0, 0.1) is 0 Å². The van der Waals surface area contributed by atoms with Crippen molar-refractivity contribution in [2.45, 2.75) is 57.4 Å². The molecule has 0 amide bonds. The molecule has 0 saturated heterocycles. The van der Waals surface area contributed by atoms with Gasteiger partial charge in [-0.1, -0.05) is 63.8 Å². The first-order valence-electron chi connectivity index (χ1n) is 7.79. The number of hydrogen-bond donors (Lipinski definition) is 0. The fraction of sp³-hybridized carbons (Fsp3) is 0.500. The molecule has 0 nitrogen and oxygen atoms in total. The Kier molecular flexibility index (Phi) is 17.1. The predicted molar refractivity (Wildman–Crippen MR) is 89.4 cm³/mol. The Balaban J connectivity index is -0.000001000. The van der Waals surface area contributed by atoms with E-state index in [4.69, 9.17) is 0 Å². The molecule has 0 aliphatic heterocycles. The van der Waals surface area contributed by atoms with Crippen LogP contribution in [0.2, 0.25) is 5.04 Å². The summed E-state index contributed by atoms with van der Waals surface area (Å²) in [5.74, 6) is 0.715. The van der Waals surface area contributed by atoms with Crippen molar-refractivity contribution in [2.75, 3.05) is 0 Å². The minimum absolute atomic E-state index is 0. The molecule has 2 unspecified atom stereocenters. The van der Waals surface area contributed by atoms with E-state index in [-0.39, 0.29) is 68.5 Å². The van der Waals surface area contributed by atoms with Crippen molar-refractivity contribution in [2.24, 2.45) is 0 Å². The van der Waals surface area contributed by atoms with E-state index in [1.807, 2.05) is 0 Å². The Morgan fingerprint density at radius 2 is 1.91 bits per heavy atom. The van der Waals surface area contributed by atoms with E-state index >= 15 is 0 Å². The van der Waals surface area contributed by atoms with Gasteiger partial charge < -0.3 is 37.2 Å². The molecule has 0 N–H and O–H groups in total. The Hall–Kier alpha value is 0.631. The van der Waals surface area contributed by atoms with Crippen LogP contribution in [-0.2, 0) is 21.7 Å². The van der Waals surface area contributed by atoms with Gasteiger partial charge in [0.1, 0.15) is 0 Å². The SMILES string of the molecule is CCCC1([SiH2][c-]2ccc(C(C)CC)c2)C=CC=CC1.[Cl-].[Cl-].[Cl-].[Ti+4]. The van der Waals surface area contributed by atoms with Gasteiger partial charge in [0.15, 0.2) is 0 Å². The zero-order valence-electron chi connectivity index (χ0n) is 14.3. The smallest absolute Gasteiger partial charge is 1.00 e. The summed E-state index contributed by atoms with van der Waals surface area (Å²) >= 11 is 0. The molecule has 0 spiro atoms. The van der Waals surface area contributed by atoms with Gasteiger partial charge in [0.05, 0.1) is 0 Å². The second-order valence-corrected chi connectivity index (χ2v) is 8.72. The van der Waals surface area contributed by atoms with Crippen LogP contribution in [0.25, 0.3) is 0 Å². The van der Waals surface area contributed by atoms with Crippen LogP contribution >= 0.6 is 0 Å². The minimum atomic E-state index is -0.232. The standard InChI is InChI=1S/C18H27Si.3ClH.Ti/c1-4-11-18(12-7-6-8-13-18)19-17-10-9-16(14-17)15(3)5-2;;;;/h6-10,12,14-15H,4-5,11,13,19H2,1-3H3;3*1H;/q-1;;;;+4/p-3. The van der Waals surface area contributed by atoms with Crippen LogP contribution in [0.1, 0.15) is 57.9 Å². The zero-order chi connectivity index (χ0) is 13.7. The molecule has 2 rings (SSSR count). The van der Waals surface area contributed by atoms with Gasteiger partial charge in [0.2, 0.25) is 0 Å². The fourth-order valence-corrected chi connectivity index (χ4v) is 5.67. The van der Waals surface area contributed by atoms with Crippen LogP contribution in [0.15, 0.2) is 42.5 Å². The number of hydrogen-bond acceptors (Lipinski definition) is 0. The van der Waals surface area contributed by atoms with E-state index in [1.54, 1.807) is 10.8 Å². The first-order chi connectivity index (χ1) is 9.19. The maximum atomic E-state index is 2.50. The van der Waals surface area contributed by atoms with Gasteiger partial charge in [0, 0.05) is 9.52 Å². The summed E-state index contributed by atoms with van der Waals surface area (Å²) < 4.78 is 0. The van der Waals surface area contributed by atoms with Crippen LogP contribution in [0.3, 0.4) is 0 Å².